The maximum absolute atomic E-state index is 12.1. The highest BCUT2D eigenvalue weighted by Gasteiger charge is 2.29. The van der Waals surface area contributed by atoms with Crippen molar-refractivity contribution < 1.29 is 9.59 Å². The summed E-state index contributed by atoms with van der Waals surface area (Å²) in [6.45, 7) is 4.86. The minimum Gasteiger partial charge on any atom is -0.356 e. The second-order valence-electron chi connectivity index (χ2n) is 7.33. The summed E-state index contributed by atoms with van der Waals surface area (Å²) in [4.78, 5) is 23.7. The van der Waals surface area contributed by atoms with Gasteiger partial charge < -0.3 is 10.6 Å². The van der Waals surface area contributed by atoms with Crippen LogP contribution >= 0.6 is 0 Å². The first-order valence-electron chi connectivity index (χ1n) is 9.17. The van der Waals surface area contributed by atoms with Crippen LogP contribution in [0, 0.1) is 5.92 Å². The van der Waals surface area contributed by atoms with Gasteiger partial charge in [-0.15, -0.1) is 0 Å². The molecule has 1 atom stereocenters. The zero-order valence-electron chi connectivity index (χ0n) is 14.7. The van der Waals surface area contributed by atoms with Crippen molar-refractivity contribution in [1.82, 2.24) is 20.4 Å². The van der Waals surface area contributed by atoms with Crippen LogP contribution in [-0.2, 0) is 22.4 Å². The fourth-order valence-electron chi connectivity index (χ4n) is 3.34. The van der Waals surface area contributed by atoms with Crippen LogP contribution in [0.1, 0.15) is 63.3 Å². The highest BCUT2D eigenvalue weighted by molar-refractivity contribution is 5.81. The highest BCUT2D eigenvalue weighted by atomic mass is 16.2. The van der Waals surface area contributed by atoms with Crippen molar-refractivity contribution in [3.05, 3.63) is 17.5 Å². The van der Waals surface area contributed by atoms with E-state index in [1.807, 2.05) is 6.20 Å². The molecule has 0 radical (unpaired) electrons. The molecule has 6 heteroatoms. The first-order chi connectivity index (χ1) is 11.5. The largest absolute Gasteiger partial charge is 0.356 e. The van der Waals surface area contributed by atoms with Gasteiger partial charge in [-0.25, -0.2) is 0 Å². The molecule has 1 unspecified atom stereocenters. The molecule has 0 bridgehead atoms. The Morgan fingerprint density at radius 1 is 1.33 bits per heavy atom. The van der Waals surface area contributed by atoms with Crippen LogP contribution in [0.15, 0.2) is 6.20 Å². The normalized spacial score (nSPS) is 19.9. The quantitative estimate of drug-likeness (QED) is 0.747. The maximum atomic E-state index is 12.1. The lowest BCUT2D eigenvalue weighted by atomic mass is 9.93. The number of hydrogen-bond acceptors (Lipinski definition) is 3. The monoisotopic (exact) mass is 332 g/mol. The number of hydrogen-bond donors (Lipinski definition) is 2. The van der Waals surface area contributed by atoms with Gasteiger partial charge in [0.05, 0.1) is 6.20 Å². The number of carbonyl (C=O) groups excluding carboxylic acids is 2. The first-order valence-corrected chi connectivity index (χ1v) is 9.17. The minimum atomic E-state index is 0.0831. The molecule has 2 N–H and O–H groups in total. The van der Waals surface area contributed by atoms with Crippen LogP contribution in [-0.4, -0.2) is 34.2 Å². The van der Waals surface area contributed by atoms with Gasteiger partial charge >= 0.3 is 0 Å². The van der Waals surface area contributed by atoms with Crippen LogP contribution in [0.25, 0.3) is 0 Å². The van der Waals surface area contributed by atoms with Gasteiger partial charge in [0, 0.05) is 43.1 Å². The molecule has 0 spiro atoms. The fraction of sp³-hybridized carbons (Fsp3) is 0.722. The number of rotatable bonds is 7. The number of nitrogens with one attached hydrogen (secondary N) is 2. The summed E-state index contributed by atoms with van der Waals surface area (Å²) in [6, 6.07) is 0.540. The molecule has 2 aliphatic carbocycles. The third-order valence-corrected chi connectivity index (χ3v) is 4.87. The van der Waals surface area contributed by atoms with Gasteiger partial charge in [0.25, 0.3) is 0 Å². The standard InChI is InChI=1S/C18H28N4O2/c1-12(2)22-16-10-15(8-7-14(16)11-20-22)21-17(23)4-3-9-19-18(24)13-5-6-13/h11-13,15H,3-10H2,1-2H3,(H,19,24)(H,21,23). The summed E-state index contributed by atoms with van der Waals surface area (Å²) in [5.74, 6) is 0.470. The second kappa shape index (κ2) is 7.36. The topological polar surface area (TPSA) is 76.0 Å². The van der Waals surface area contributed by atoms with E-state index in [0.717, 1.165) is 32.1 Å². The lowest BCUT2D eigenvalue weighted by Crippen LogP contribution is -2.39. The Morgan fingerprint density at radius 2 is 2.12 bits per heavy atom. The lowest BCUT2D eigenvalue weighted by Gasteiger charge is -2.25. The number of aromatic nitrogens is 2. The van der Waals surface area contributed by atoms with Gasteiger partial charge in [-0.1, -0.05) is 0 Å². The number of carbonyl (C=O) groups is 2. The van der Waals surface area contributed by atoms with Crippen LogP contribution in [0.5, 0.6) is 0 Å². The minimum absolute atomic E-state index is 0.0831. The zero-order valence-corrected chi connectivity index (χ0v) is 14.7. The van der Waals surface area contributed by atoms with Crippen LogP contribution < -0.4 is 10.6 Å². The molecular formula is C18H28N4O2. The molecule has 6 nitrogen and oxygen atoms in total. The average molecular weight is 332 g/mol. The van der Waals surface area contributed by atoms with E-state index in [2.05, 4.69) is 34.3 Å². The van der Waals surface area contributed by atoms with Crippen LogP contribution in [0.2, 0.25) is 0 Å². The van der Waals surface area contributed by atoms with Crippen molar-refractivity contribution in [3.63, 3.8) is 0 Å². The van der Waals surface area contributed by atoms with E-state index in [9.17, 15) is 9.59 Å². The average Bonchev–Trinajstić information content (AvgIpc) is 3.31. The molecule has 2 aliphatic rings. The summed E-state index contributed by atoms with van der Waals surface area (Å²) < 4.78 is 2.07. The molecule has 0 aromatic carbocycles. The van der Waals surface area contributed by atoms with Crippen molar-refractivity contribution in [2.24, 2.45) is 5.92 Å². The summed E-state index contributed by atoms with van der Waals surface area (Å²) >= 11 is 0. The molecule has 24 heavy (non-hydrogen) atoms. The van der Waals surface area contributed by atoms with E-state index in [4.69, 9.17) is 0 Å². The molecule has 132 valence electrons. The second-order valence-corrected chi connectivity index (χ2v) is 7.33. The molecule has 0 saturated heterocycles. The molecule has 1 fully saturated rings. The predicted octanol–water partition coefficient (Wildman–Crippen LogP) is 1.74. The Bertz CT molecular complexity index is 604. The van der Waals surface area contributed by atoms with E-state index in [1.54, 1.807) is 0 Å². The number of amides is 2. The van der Waals surface area contributed by atoms with E-state index < -0.39 is 0 Å². The predicted molar refractivity (Wildman–Crippen MR) is 91.5 cm³/mol. The smallest absolute Gasteiger partial charge is 0.223 e. The zero-order chi connectivity index (χ0) is 17.1. The summed E-state index contributed by atoms with van der Waals surface area (Å²) in [7, 11) is 0. The van der Waals surface area contributed by atoms with Gasteiger partial charge in [0.2, 0.25) is 11.8 Å². The molecule has 0 aliphatic heterocycles. The first kappa shape index (κ1) is 17.0. The number of nitrogens with zero attached hydrogens (tertiary/aromatic N) is 2. The van der Waals surface area contributed by atoms with Gasteiger partial charge in [-0.3, -0.25) is 14.3 Å². The van der Waals surface area contributed by atoms with Gasteiger partial charge in [-0.2, -0.15) is 5.10 Å². The Labute approximate surface area is 143 Å². The molecule has 2 amide bonds. The Morgan fingerprint density at radius 3 is 2.83 bits per heavy atom. The molecule has 1 saturated carbocycles. The van der Waals surface area contributed by atoms with E-state index in [0.29, 0.717) is 25.4 Å². The Hall–Kier alpha value is -1.85. The molecular weight excluding hydrogens is 304 g/mol. The molecule has 1 heterocycles. The third-order valence-electron chi connectivity index (χ3n) is 4.87. The number of aryl methyl sites for hydroxylation is 1. The van der Waals surface area contributed by atoms with Crippen LogP contribution in [0.3, 0.4) is 0 Å². The Kier molecular flexibility index (Phi) is 5.21. The summed E-state index contributed by atoms with van der Waals surface area (Å²) in [5.41, 5.74) is 2.58. The van der Waals surface area contributed by atoms with Gasteiger partial charge in [-0.05, 0) is 51.5 Å². The van der Waals surface area contributed by atoms with Crippen molar-refractivity contribution in [3.8, 4) is 0 Å². The van der Waals surface area contributed by atoms with E-state index in [-0.39, 0.29) is 23.8 Å². The molecule has 1 aromatic rings. The SMILES string of the molecule is CC(C)n1ncc2c1CC(NC(=O)CCCNC(=O)C1CC1)CC2. The highest BCUT2D eigenvalue weighted by Crippen LogP contribution is 2.28. The Balaban J connectivity index is 1.40. The summed E-state index contributed by atoms with van der Waals surface area (Å²) in [5, 5.41) is 10.5. The van der Waals surface area contributed by atoms with Crippen LogP contribution in [0.4, 0.5) is 0 Å². The molecule has 3 rings (SSSR count). The van der Waals surface area contributed by atoms with Crippen molar-refractivity contribution in [2.75, 3.05) is 6.54 Å². The summed E-state index contributed by atoms with van der Waals surface area (Å²) in [6.07, 6.45) is 7.98. The maximum Gasteiger partial charge on any atom is 0.223 e. The van der Waals surface area contributed by atoms with Crippen molar-refractivity contribution >= 4 is 11.8 Å². The number of fused-ring (bicyclic) bond motifs is 1. The van der Waals surface area contributed by atoms with E-state index in [1.165, 1.54) is 11.3 Å². The van der Waals surface area contributed by atoms with Crippen molar-refractivity contribution in [1.29, 1.82) is 0 Å². The fourth-order valence-corrected chi connectivity index (χ4v) is 3.34. The van der Waals surface area contributed by atoms with Gasteiger partial charge in [0.1, 0.15) is 0 Å². The van der Waals surface area contributed by atoms with E-state index >= 15 is 0 Å². The third kappa shape index (κ3) is 4.16. The molecule has 1 aromatic heterocycles. The van der Waals surface area contributed by atoms with Gasteiger partial charge in [0.15, 0.2) is 0 Å². The lowest BCUT2D eigenvalue weighted by molar-refractivity contribution is -0.124. The van der Waals surface area contributed by atoms with Crippen molar-refractivity contribution in [2.45, 2.75) is 70.9 Å².